The van der Waals surface area contributed by atoms with Gasteiger partial charge in [-0.3, -0.25) is 0 Å². The van der Waals surface area contributed by atoms with Crippen molar-refractivity contribution in [1.82, 2.24) is 15.3 Å². The van der Waals surface area contributed by atoms with Crippen LogP contribution in [-0.4, -0.2) is 34.8 Å². The number of fused-ring (bicyclic) bond motifs is 1. The van der Waals surface area contributed by atoms with Crippen molar-refractivity contribution in [2.45, 2.75) is 6.04 Å². The van der Waals surface area contributed by atoms with Gasteiger partial charge in [-0.05, 0) is 48.0 Å². The summed E-state index contributed by atoms with van der Waals surface area (Å²) in [6, 6.07) is 21.2. The molecule has 0 amide bonds. The lowest BCUT2D eigenvalue weighted by Gasteiger charge is -2.16. The second kappa shape index (κ2) is 10.4. The first kappa shape index (κ1) is 22.6. The number of para-hydroxylation sites is 1. The molecule has 0 unspecified atom stereocenters. The molecule has 0 aliphatic rings. The molecule has 3 heterocycles. The van der Waals surface area contributed by atoms with E-state index >= 15 is 0 Å². The van der Waals surface area contributed by atoms with Crippen LogP contribution >= 0.6 is 22.9 Å². The van der Waals surface area contributed by atoms with Gasteiger partial charge in [0.2, 0.25) is 0 Å². The fourth-order valence-corrected chi connectivity index (χ4v) is 4.53. The van der Waals surface area contributed by atoms with Crippen LogP contribution < -0.4 is 10.1 Å². The number of hydrogen-bond acceptors (Lipinski definition) is 7. The van der Waals surface area contributed by atoms with Crippen LogP contribution in [0.15, 0.2) is 82.7 Å². The van der Waals surface area contributed by atoms with Crippen molar-refractivity contribution < 1.29 is 14.3 Å². The van der Waals surface area contributed by atoms with Crippen LogP contribution in [0.3, 0.4) is 0 Å². The van der Waals surface area contributed by atoms with Gasteiger partial charge in [0.1, 0.15) is 33.8 Å². The molecular weight excluding hydrogens is 470 g/mol. The van der Waals surface area contributed by atoms with E-state index < -0.39 is 0 Å². The van der Waals surface area contributed by atoms with E-state index in [1.165, 1.54) is 0 Å². The Kier molecular flexibility index (Phi) is 6.87. The zero-order valence-corrected chi connectivity index (χ0v) is 19.7. The van der Waals surface area contributed by atoms with Crippen LogP contribution in [0, 0.1) is 0 Å². The van der Waals surface area contributed by atoms with Gasteiger partial charge in [0.25, 0.3) is 0 Å². The maximum atomic E-state index is 9.64. The molecule has 0 radical (unpaired) electrons. The zero-order chi connectivity index (χ0) is 23.3. The number of aromatic nitrogens is 2. The maximum Gasteiger partial charge on any atom is 0.154 e. The molecule has 0 fully saturated rings. The molecule has 5 aromatic rings. The number of halogens is 1. The fraction of sp³-hybridized carbons (Fsp3) is 0.154. The Hall–Kier alpha value is -3.23. The summed E-state index contributed by atoms with van der Waals surface area (Å²) < 4.78 is 11.8. The summed E-state index contributed by atoms with van der Waals surface area (Å²) in [5.41, 5.74) is 3.59. The minimum absolute atomic E-state index is 0.0398. The summed E-state index contributed by atoms with van der Waals surface area (Å²) in [5.74, 6) is 1.54. The number of rotatable bonds is 9. The molecule has 172 valence electrons. The van der Waals surface area contributed by atoms with E-state index in [1.807, 2.05) is 66.0 Å². The number of pyridine rings is 1. The maximum absolute atomic E-state index is 9.64. The zero-order valence-electron chi connectivity index (χ0n) is 18.1. The smallest absolute Gasteiger partial charge is 0.154 e. The van der Waals surface area contributed by atoms with E-state index in [0.717, 1.165) is 44.3 Å². The quantitative estimate of drug-likeness (QED) is 0.195. The van der Waals surface area contributed by atoms with E-state index in [4.69, 9.17) is 25.7 Å². The first-order chi connectivity index (χ1) is 16.7. The largest absolute Gasteiger partial charge is 0.492 e. The molecule has 34 heavy (non-hydrogen) atoms. The van der Waals surface area contributed by atoms with Gasteiger partial charge in [-0.25, -0.2) is 9.97 Å². The van der Waals surface area contributed by atoms with Gasteiger partial charge < -0.3 is 19.6 Å². The van der Waals surface area contributed by atoms with Gasteiger partial charge in [0.15, 0.2) is 5.76 Å². The SMILES string of the molecule is OC[C@H](NCCOc1ccc(-c2nc(-c3cc4ccccc4o3)cs2)cc1)c1ccc(Cl)nc1. The summed E-state index contributed by atoms with van der Waals surface area (Å²) in [6.45, 7) is 0.995. The van der Waals surface area contributed by atoms with Gasteiger partial charge >= 0.3 is 0 Å². The first-order valence-corrected chi connectivity index (χ1v) is 12.1. The summed E-state index contributed by atoms with van der Waals surface area (Å²) in [4.78, 5) is 8.81. The van der Waals surface area contributed by atoms with Crippen molar-refractivity contribution in [3.63, 3.8) is 0 Å². The van der Waals surface area contributed by atoms with E-state index in [0.29, 0.717) is 18.3 Å². The number of hydrogen-bond donors (Lipinski definition) is 2. The highest BCUT2D eigenvalue weighted by Gasteiger charge is 2.12. The Balaban J connectivity index is 1.16. The number of aliphatic hydroxyl groups is 1. The third-order valence-corrected chi connectivity index (χ3v) is 6.50. The molecule has 0 saturated heterocycles. The lowest BCUT2D eigenvalue weighted by Crippen LogP contribution is -2.28. The number of thiazole rings is 1. The standard InChI is InChI=1S/C26H22ClN3O3S/c27-25-10-7-19(14-29-25)21(15-31)28-11-12-32-20-8-5-17(6-9-20)26-30-22(16-34-26)24-13-18-3-1-2-4-23(18)33-24/h1-10,13-14,16,21,28,31H,11-12,15H2/t21-/m0/s1. The Bertz CT molecular complexity index is 1330. The molecule has 0 aliphatic heterocycles. The van der Waals surface area contributed by atoms with Crippen LogP contribution in [0.5, 0.6) is 5.75 Å². The molecule has 2 N–H and O–H groups in total. The number of nitrogens with one attached hydrogen (secondary N) is 1. The van der Waals surface area contributed by atoms with Crippen molar-refractivity contribution >= 4 is 33.9 Å². The van der Waals surface area contributed by atoms with Crippen LogP contribution in [0.4, 0.5) is 0 Å². The Labute approximate surface area is 205 Å². The van der Waals surface area contributed by atoms with Crippen molar-refractivity contribution in [3.8, 4) is 27.8 Å². The highest BCUT2D eigenvalue weighted by atomic mass is 35.5. The van der Waals surface area contributed by atoms with Crippen molar-refractivity contribution in [2.75, 3.05) is 19.8 Å². The number of ether oxygens (including phenoxy) is 1. The number of nitrogens with zero attached hydrogens (tertiary/aromatic N) is 2. The molecule has 3 aromatic heterocycles. The monoisotopic (exact) mass is 491 g/mol. The Morgan fingerprint density at radius 1 is 1.09 bits per heavy atom. The van der Waals surface area contributed by atoms with Gasteiger partial charge in [0, 0.05) is 29.1 Å². The predicted octanol–water partition coefficient (Wildman–Crippen LogP) is 5.97. The predicted molar refractivity (Wildman–Crippen MR) is 135 cm³/mol. The first-order valence-electron chi connectivity index (χ1n) is 10.8. The van der Waals surface area contributed by atoms with Crippen LogP contribution in [0.25, 0.3) is 33.0 Å². The summed E-state index contributed by atoms with van der Waals surface area (Å²) in [6.07, 6.45) is 1.66. The van der Waals surface area contributed by atoms with Crippen molar-refractivity contribution in [2.24, 2.45) is 0 Å². The lowest BCUT2D eigenvalue weighted by atomic mass is 10.1. The average Bonchev–Trinajstić information content (AvgIpc) is 3.53. The minimum atomic E-state index is -0.221. The van der Waals surface area contributed by atoms with Crippen LogP contribution in [-0.2, 0) is 0 Å². The van der Waals surface area contributed by atoms with Gasteiger partial charge in [-0.1, -0.05) is 35.9 Å². The molecule has 0 bridgehead atoms. The normalized spacial score (nSPS) is 12.2. The minimum Gasteiger partial charge on any atom is -0.492 e. The molecule has 6 nitrogen and oxygen atoms in total. The summed E-state index contributed by atoms with van der Waals surface area (Å²) in [5, 5.41) is 17.3. The molecule has 8 heteroatoms. The molecular formula is C26H22ClN3O3S. The highest BCUT2D eigenvalue weighted by Crippen LogP contribution is 2.32. The van der Waals surface area contributed by atoms with Crippen LogP contribution in [0.1, 0.15) is 11.6 Å². The molecule has 1 atom stereocenters. The molecule has 5 rings (SSSR count). The number of furan rings is 1. The van der Waals surface area contributed by atoms with E-state index in [-0.39, 0.29) is 12.6 Å². The number of benzene rings is 2. The third kappa shape index (κ3) is 5.13. The second-order valence-electron chi connectivity index (χ2n) is 7.66. The topological polar surface area (TPSA) is 80.4 Å². The molecule has 0 saturated carbocycles. The van der Waals surface area contributed by atoms with E-state index in [1.54, 1.807) is 23.6 Å². The summed E-state index contributed by atoms with van der Waals surface area (Å²) >= 11 is 7.41. The van der Waals surface area contributed by atoms with Gasteiger partial charge in [-0.2, -0.15) is 0 Å². The van der Waals surface area contributed by atoms with Gasteiger partial charge in [-0.15, -0.1) is 11.3 Å². The van der Waals surface area contributed by atoms with Gasteiger partial charge in [0.05, 0.1) is 12.6 Å². The summed E-state index contributed by atoms with van der Waals surface area (Å²) in [7, 11) is 0. The Morgan fingerprint density at radius 2 is 1.94 bits per heavy atom. The van der Waals surface area contributed by atoms with Crippen LogP contribution in [0.2, 0.25) is 5.15 Å². The van der Waals surface area contributed by atoms with E-state index in [9.17, 15) is 5.11 Å². The third-order valence-electron chi connectivity index (χ3n) is 5.38. The van der Waals surface area contributed by atoms with Crippen molar-refractivity contribution in [1.29, 1.82) is 0 Å². The average molecular weight is 492 g/mol. The number of aliphatic hydroxyl groups excluding tert-OH is 1. The molecule has 0 aliphatic carbocycles. The second-order valence-corrected chi connectivity index (χ2v) is 8.91. The lowest BCUT2D eigenvalue weighted by molar-refractivity contribution is 0.232. The highest BCUT2D eigenvalue weighted by molar-refractivity contribution is 7.13. The van der Waals surface area contributed by atoms with E-state index in [2.05, 4.69) is 10.3 Å². The Morgan fingerprint density at radius 3 is 2.71 bits per heavy atom. The van der Waals surface area contributed by atoms with Crippen molar-refractivity contribution in [3.05, 3.63) is 89.0 Å². The molecule has 0 spiro atoms. The fourth-order valence-electron chi connectivity index (χ4n) is 3.60. The molecule has 2 aromatic carbocycles.